The molecule has 3 N–H and O–H groups in total. The minimum Gasteiger partial charge on any atom is -0.460 e. The summed E-state index contributed by atoms with van der Waals surface area (Å²) in [6.45, 7) is 3.84. The van der Waals surface area contributed by atoms with Gasteiger partial charge in [0, 0.05) is 6.08 Å². The summed E-state index contributed by atoms with van der Waals surface area (Å²) in [5.74, 6) is -0.0296. The van der Waals surface area contributed by atoms with Gasteiger partial charge in [-0.25, -0.2) is 19.7 Å². The summed E-state index contributed by atoms with van der Waals surface area (Å²) in [7, 11) is 0. The molecule has 0 bridgehead atoms. The summed E-state index contributed by atoms with van der Waals surface area (Å²) in [6.07, 6.45) is 2.23. The van der Waals surface area contributed by atoms with Gasteiger partial charge in [-0.05, 0) is 30.5 Å². The van der Waals surface area contributed by atoms with Gasteiger partial charge in [0.1, 0.15) is 31.2 Å². The highest BCUT2D eigenvalue weighted by molar-refractivity contribution is 5.87. The van der Waals surface area contributed by atoms with E-state index in [1.807, 2.05) is 61.5 Å². The summed E-state index contributed by atoms with van der Waals surface area (Å²) in [4.78, 5) is 25.4. The molecule has 1 fully saturated rings. The van der Waals surface area contributed by atoms with Crippen molar-refractivity contribution in [2.75, 3.05) is 11.9 Å². The predicted molar refractivity (Wildman–Crippen MR) is 146 cm³/mol. The van der Waals surface area contributed by atoms with Gasteiger partial charge in [-0.3, -0.25) is 4.57 Å². The summed E-state index contributed by atoms with van der Waals surface area (Å²) in [5, 5.41) is 24.8. The van der Waals surface area contributed by atoms with Gasteiger partial charge in [-0.1, -0.05) is 67.1 Å². The molecule has 1 aliphatic rings. The third-order valence-electron chi connectivity index (χ3n) is 6.77. The lowest BCUT2D eigenvalue weighted by molar-refractivity contribution is -0.144. The molecule has 39 heavy (non-hydrogen) atoms. The van der Waals surface area contributed by atoms with Crippen LogP contribution >= 0.6 is 0 Å². The Kier molecular flexibility index (Phi) is 7.97. The Hall–Kier alpha value is -4.12. The number of aliphatic hydroxyl groups is 2. The van der Waals surface area contributed by atoms with Crippen LogP contribution in [0.4, 0.5) is 5.82 Å². The van der Waals surface area contributed by atoms with Crippen molar-refractivity contribution >= 4 is 29.0 Å². The molecule has 1 saturated heterocycles. The molecule has 10 nitrogen and oxygen atoms in total. The Labute approximate surface area is 226 Å². The van der Waals surface area contributed by atoms with Crippen molar-refractivity contribution in [3.63, 3.8) is 0 Å². The van der Waals surface area contributed by atoms with E-state index in [2.05, 4.69) is 27.2 Å². The number of fused-ring (bicyclic) bond motifs is 1. The van der Waals surface area contributed by atoms with Gasteiger partial charge in [-0.15, -0.1) is 0 Å². The lowest BCUT2D eigenvalue weighted by Gasteiger charge is -2.19. The van der Waals surface area contributed by atoms with Crippen LogP contribution in [-0.4, -0.2) is 60.6 Å². The van der Waals surface area contributed by atoms with Gasteiger partial charge in [0.2, 0.25) is 0 Å². The monoisotopic (exact) mass is 529 g/mol. The zero-order valence-corrected chi connectivity index (χ0v) is 21.7. The second kappa shape index (κ2) is 11.7. The molecule has 0 spiro atoms. The summed E-state index contributed by atoms with van der Waals surface area (Å²) in [6, 6.07) is 17.8. The molecule has 3 heterocycles. The lowest BCUT2D eigenvalue weighted by atomic mass is 10.0. The van der Waals surface area contributed by atoms with Crippen LogP contribution in [0.2, 0.25) is 0 Å². The van der Waals surface area contributed by atoms with Gasteiger partial charge < -0.3 is 25.0 Å². The minimum atomic E-state index is -1.28. The van der Waals surface area contributed by atoms with E-state index >= 15 is 0 Å². The standard InChI is InChI=1S/C29H31N5O5/c1-3-21(20-7-5-4-6-8-20)33-27-24-28(31-16-30-27)34(17-32-24)29-26(37)25(36)22(39-29)15-38-23(35)14-13-19-11-9-18(2)10-12-19/h4-14,16-17,21-22,25-26,29,36-37H,3,15H2,1-2H3,(H,30,31,33)/b14-13+/t21-,22+,25+,26+,29+/m0/s1. The molecule has 0 unspecified atom stereocenters. The van der Waals surface area contributed by atoms with Crippen LogP contribution in [0.1, 0.15) is 42.3 Å². The molecular formula is C29H31N5O5. The van der Waals surface area contributed by atoms with Crippen molar-refractivity contribution in [2.45, 2.75) is 50.8 Å². The number of imidazole rings is 1. The normalized spacial score (nSPS) is 21.8. The first-order valence-corrected chi connectivity index (χ1v) is 12.9. The third kappa shape index (κ3) is 5.83. The van der Waals surface area contributed by atoms with E-state index in [0.29, 0.717) is 17.0 Å². The summed E-state index contributed by atoms with van der Waals surface area (Å²) < 4.78 is 12.7. The topological polar surface area (TPSA) is 132 Å². The van der Waals surface area contributed by atoms with E-state index in [1.165, 1.54) is 18.7 Å². The maximum atomic E-state index is 12.2. The first kappa shape index (κ1) is 26.5. The summed E-state index contributed by atoms with van der Waals surface area (Å²) in [5.41, 5.74) is 4.05. The Morgan fingerprint density at radius 2 is 1.87 bits per heavy atom. The van der Waals surface area contributed by atoms with Gasteiger partial charge in [-0.2, -0.15) is 0 Å². The van der Waals surface area contributed by atoms with Crippen LogP contribution in [0.15, 0.2) is 73.3 Å². The fourth-order valence-corrected chi connectivity index (χ4v) is 4.57. The van der Waals surface area contributed by atoms with Crippen molar-refractivity contribution in [1.29, 1.82) is 0 Å². The number of benzene rings is 2. The third-order valence-corrected chi connectivity index (χ3v) is 6.77. The number of carbonyl (C=O) groups excluding carboxylic acids is 1. The van der Waals surface area contributed by atoms with Gasteiger partial charge >= 0.3 is 5.97 Å². The summed E-state index contributed by atoms with van der Waals surface area (Å²) >= 11 is 0. The maximum absolute atomic E-state index is 12.2. The van der Waals surface area contributed by atoms with Crippen LogP contribution in [0.25, 0.3) is 17.2 Å². The Balaban J connectivity index is 1.27. The number of anilines is 1. The number of rotatable bonds is 9. The predicted octanol–water partition coefficient (Wildman–Crippen LogP) is 3.57. The Morgan fingerprint density at radius 3 is 2.62 bits per heavy atom. The fourth-order valence-electron chi connectivity index (χ4n) is 4.57. The van der Waals surface area contributed by atoms with Crippen molar-refractivity contribution in [1.82, 2.24) is 19.5 Å². The number of aryl methyl sites for hydroxylation is 1. The second-order valence-electron chi connectivity index (χ2n) is 9.48. The zero-order valence-electron chi connectivity index (χ0n) is 21.7. The molecule has 2 aromatic carbocycles. The Morgan fingerprint density at radius 1 is 1.10 bits per heavy atom. The first-order chi connectivity index (χ1) is 18.9. The molecule has 5 atom stereocenters. The highest BCUT2D eigenvalue weighted by atomic mass is 16.6. The maximum Gasteiger partial charge on any atom is 0.330 e. The molecule has 4 aromatic rings. The number of aliphatic hydroxyl groups excluding tert-OH is 2. The second-order valence-corrected chi connectivity index (χ2v) is 9.48. The molecule has 0 saturated carbocycles. The van der Waals surface area contributed by atoms with Crippen LogP contribution in [-0.2, 0) is 14.3 Å². The number of aromatic nitrogens is 4. The average molecular weight is 530 g/mol. The molecule has 10 heteroatoms. The van der Waals surface area contributed by atoms with E-state index in [-0.39, 0.29) is 12.6 Å². The molecule has 2 aromatic heterocycles. The number of esters is 1. The lowest BCUT2D eigenvalue weighted by Crippen LogP contribution is -2.34. The van der Waals surface area contributed by atoms with E-state index in [0.717, 1.165) is 23.1 Å². The first-order valence-electron chi connectivity index (χ1n) is 12.9. The number of carbonyl (C=O) groups is 1. The smallest absolute Gasteiger partial charge is 0.330 e. The fraction of sp³-hybridized carbons (Fsp3) is 0.310. The van der Waals surface area contributed by atoms with Gasteiger partial charge in [0.25, 0.3) is 0 Å². The number of nitrogens with zero attached hydrogens (tertiary/aromatic N) is 4. The van der Waals surface area contributed by atoms with Crippen molar-refractivity contribution in [3.05, 3.63) is 90.0 Å². The van der Waals surface area contributed by atoms with E-state index in [9.17, 15) is 15.0 Å². The number of hydrogen-bond donors (Lipinski definition) is 3. The molecule has 5 rings (SSSR count). The van der Waals surface area contributed by atoms with Crippen molar-refractivity contribution in [3.8, 4) is 0 Å². The SMILES string of the molecule is CC[C@H](Nc1ncnc2c1ncn2[C@@H]1O[C@H](COC(=O)/C=C/c2ccc(C)cc2)[C@@H](O)[C@H]1O)c1ccccc1. The molecule has 1 aliphatic heterocycles. The van der Waals surface area contributed by atoms with Gasteiger partial charge in [0.15, 0.2) is 23.2 Å². The average Bonchev–Trinajstić information content (AvgIpc) is 3.51. The van der Waals surface area contributed by atoms with Crippen molar-refractivity contribution in [2.24, 2.45) is 0 Å². The van der Waals surface area contributed by atoms with Gasteiger partial charge in [0.05, 0.1) is 12.4 Å². The Bertz CT molecular complexity index is 1440. The quantitative estimate of drug-likeness (QED) is 0.220. The van der Waals surface area contributed by atoms with Crippen LogP contribution in [0.3, 0.4) is 0 Å². The molecular weight excluding hydrogens is 498 g/mol. The largest absolute Gasteiger partial charge is 0.460 e. The molecule has 0 amide bonds. The molecule has 0 aliphatic carbocycles. The van der Waals surface area contributed by atoms with Crippen LogP contribution < -0.4 is 5.32 Å². The number of hydrogen-bond acceptors (Lipinski definition) is 9. The van der Waals surface area contributed by atoms with Crippen LogP contribution in [0.5, 0.6) is 0 Å². The molecule has 202 valence electrons. The van der Waals surface area contributed by atoms with Crippen LogP contribution in [0, 0.1) is 6.92 Å². The van der Waals surface area contributed by atoms with Crippen molar-refractivity contribution < 1.29 is 24.5 Å². The molecule has 0 radical (unpaired) electrons. The van der Waals surface area contributed by atoms with E-state index in [1.54, 1.807) is 10.6 Å². The number of nitrogens with one attached hydrogen (secondary N) is 1. The highest BCUT2D eigenvalue weighted by Gasteiger charge is 2.45. The van der Waals surface area contributed by atoms with E-state index < -0.39 is 30.5 Å². The minimum absolute atomic E-state index is 0.0173. The highest BCUT2D eigenvalue weighted by Crippen LogP contribution is 2.33. The zero-order chi connectivity index (χ0) is 27.4. The number of ether oxygens (including phenoxy) is 2. The van der Waals surface area contributed by atoms with E-state index in [4.69, 9.17) is 9.47 Å².